The molecule has 114 valence electrons. The van der Waals surface area contributed by atoms with Crippen LogP contribution in [0.4, 0.5) is 5.69 Å². The Morgan fingerprint density at radius 1 is 1.14 bits per heavy atom. The lowest BCUT2D eigenvalue weighted by Crippen LogP contribution is -2.22. The van der Waals surface area contributed by atoms with Gasteiger partial charge in [-0.05, 0) is 18.2 Å². The van der Waals surface area contributed by atoms with Gasteiger partial charge in [-0.2, -0.15) is 5.10 Å². The molecule has 0 unspecified atom stereocenters. The predicted octanol–water partition coefficient (Wildman–Crippen LogP) is 0.461. The van der Waals surface area contributed by atoms with Crippen molar-refractivity contribution in [3.8, 4) is 0 Å². The molecule has 0 saturated heterocycles. The first kappa shape index (κ1) is 15.5. The number of H-pyrrole nitrogens is 1. The Balaban J connectivity index is 2.36. The van der Waals surface area contributed by atoms with Crippen LogP contribution in [0.2, 0.25) is 0 Å². The molecule has 1 heterocycles. The van der Waals surface area contributed by atoms with E-state index in [1.807, 2.05) is 0 Å². The molecule has 2 N–H and O–H groups in total. The molecule has 10 heteroatoms. The Morgan fingerprint density at radius 2 is 1.86 bits per heavy atom. The van der Waals surface area contributed by atoms with Gasteiger partial charge in [0.2, 0.25) is 10.0 Å². The highest BCUT2D eigenvalue weighted by atomic mass is 32.2. The van der Waals surface area contributed by atoms with Gasteiger partial charge in [0.25, 0.3) is 10.0 Å². The minimum absolute atomic E-state index is 0.0000985. The number of hydrogen-bond acceptors (Lipinski definition) is 5. The lowest BCUT2D eigenvalue weighted by molar-refractivity contribution is 0.521. The first-order chi connectivity index (χ1) is 9.73. The fourth-order valence-corrected chi connectivity index (χ4v) is 3.43. The summed E-state index contributed by atoms with van der Waals surface area (Å²) < 4.78 is 51.4. The van der Waals surface area contributed by atoms with Gasteiger partial charge < -0.3 is 0 Å². The minimum atomic E-state index is -3.80. The predicted molar refractivity (Wildman–Crippen MR) is 76.7 cm³/mol. The molecule has 0 aliphatic heterocycles. The molecule has 0 aliphatic carbocycles. The molecule has 0 saturated carbocycles. The first-order valence-corrected chi connectivity index (χ1v) is 8.70. The van der Waals surface area contributed by atoms with Crippen molar-refractivity contribution in [3.63, 3.8) is 0 Å². The van der Waals surface area contributed by atoms with Crippen LogP contribution in [-0.4, -0.2) is 45.4 Å². The Labute approximate surface area is 122 Å². The van der Waals surface area contributed by atoms with Gasteiger partial charge in [-0.15, -0.1) is 0 Å². The summed E-state index contributed by atoms with van der Waals surface area (Å²) in [5.41, 5.74) is 0.152. The molecule has 8 nitrogen and oxygen atoms in total. The lowest BCUT2D eigenvalue weighted by atomic mass is 10.3. The second-order valence-corrected chi connectivity index (χ2v) is 8.19. The van der Waals surface area contributed by atoms with Gasteiger partial charge in [-0.25, -0.2) is 21.1 Å². The van der Waals surface area contributed by atoms with E-state index >= 15 is 0 Å². The Hall–Kier alpha value is -1.91. The van der Waals surface area contributed by atoms with Crippen molar-refractivity contribution in [2.45, 2.75) is 9.79 Å². The number of nitrogens with one attached hydrogen (secondary N) is 2. The van der Waals surface area contributed by atoms with E-state index in [2.05, 4.69) is 14.9 Å². The Morgan fingerprint density at radius 3 is 2.43 bits per heavy atom. The average Bonchev–Trinajstić information content (AvgIpc) is 2.93. The number of aromatic amines is 1. The number of benzene rings is 1. The standard InChI is InChI=1S/C11H14N4O4S2/c1-15(2)21(18,19)10-5-3-4-9(6-10)14-20(16,17)11-7-12-13-8-11/h3-8,14H,1-2H3,(H,12,13). The van der Waals surface area contributed by atoms with Crippen molar-refractivity contribution < 1.29 is 16.8 Å². The minimum Gasteiger partial charge on any atom is -0.284 e. The maximum Gasteiger partial charge on any atom is 0.265 e. The monoisotopic (exact) mass is 330 g/mol. The highest BCUT2D eigenvalue weighted by Crippen LogP contribution is 2.20. The number of aromatic nitrogens is 2. The summed E-state index contributed by atoms with van der Waals surface area (Å²) in [7, 11) is -4.63. The number of nitrogens with zero attached hydrogens (tertiary/aromatic N) is 2. The van der Waals surface area contributed by atoms with E-state index in [4.69, 9.17) is 0 Å². The Kier molecular flexibility index (Phi) is 4.03. The van der Waals surface area contributed by atoms with Crippen LogP contribution in [0.3, 0.4) is 0 Å². The maximum absolute atomic E-state index is 12.0. The van der Waals surface area contributed by atoms with Gasteiger partial charge in [0.1, 0.15) is 4.90 Å². The highest BCUT2D eigenvalue weighted by Gasteiger charge is 2.19. The molecular weight excluding hydrogens is 316 g/mol. The van der Waals surface area contributed by atoms with Crippen LogP contribution >= 0.6 is 0 Å². The third-order valence-electron chi connectivity index (χ3n) is 2.65. The molecule has 1 aromatic heterocycles. The summed E-state index contributed by atoms with van der Waals surface area (Å²) in [6.07, 6.45) is 2.38. The molecule has 0 atom stereocenters. The molecule has 0 spiro atoms. The molecule has 0 amide bonds. The van der Waals surface area contributed by atoms with Crippen LogP contribution in [-0.2, 0) is 20.0 Å². The van der Waals surface area contributed by atoms with E-state index < -0.39 is 20.0 Å². The summed E-state index contributed by atoms with van der Waals surface area (Å²) in [5.74, 6) is 0. The zero-order valence-corrected chi connectivity index (χ0v) is 12.9. The molecule has 21 heavy (non-hydrogen) atoms. The zero-order valence-electron chi connectivity index (χ0n) is 11.3. The van der Waals surface area contributed by atoms with Gasteiger partial charge in [0.15, 0.2) is 0 Å². The Bertz CT molecular complexity index is 827. The average molecular weight is 330 g/mol. The van der Waals surface area contributed by atoms with E-state index in [1.165, 1.54) is 44.6 Å². The van der Waals surface area contributed by atoms with Crippen LogP contribution in [0.15, 0.2) is 46.5 Å². The smallest absolute Gasteiger partial charge is 0.265 e. The molecule has 0 bridgehead atoms. The summed E-state index contributed by atoms with van der Waals surface area (Å²) >= 11 is 0. The van der Waals surface area contributed by atoms with Crippen LogP contribution in [0.25, 0.3) is 0 Å². The highest BCUT2D eigenvalue weighted by molar-refractivity contribution is 7.92. The largest absolute Gasteiger partial charge is 0.284 e. The van der Waals surface area contributed by atoms with Crippen molar-refractivity contribution in [3.05, 3.63) is 36.7 Å². The maximum atomic E-state index is 12.0. The molecule has 0 fully saturated rings. The lowest BCUT2D eigenvalue weighted by Gasteiger charge is -2.13. The van der Waals surface area contributed by atoms with Gasteiger partial charge in [-0.1, -0.05) is 6.07 Å². The van der Waals surface area contributed by atoms with Crippen LogP contribution in [0.1, 0.15) is 0 Å². The van der Waals surface area contributed by atoms with Crippen molar-refractivity contribution in [1.29, 1.82) is 0 Å². The topological polar surface area (TPSA) is 112 Å². The number of anilines is 1. The second kappa shape index (κ2) is 5.47. The molecule has 2 aromatic rings. The van der Waals surface area contributed by atoms with Crippen molar-refractivity contribution in [1.82, 2.24) is 14.5 Å². The van der Waals surface area contributed by atoms with Crippen LogP contribution in [0.5, 0.6) is 0 Å². The van der Waals surface area contributed by atoms with Gasteiger partial charge in [0, 0.05) is 20.3 Å². The third kappa shape index (κ3) is 3.23. The summed E-state index contributed by atoms with van der Waals surface area (Å²) in [4.78, 5) is -0.0386. The fraction of sp³-hybridized carbons (Fsp3) is 0.182. The number of sulfonamides is 2. The molecule has 1 aromatic carbocycles. The SMILES string of the molecule is CN(C)S(=O)(=O)c1cccc(NS(=O)(=O)c2cn[nH]c2)c1. The van der Waals surface area contributed by atoms with Crippen molar-refractivity contribution in [2.75, 3.05) is 18.8 Å². The first-order valence-electron chi connectivity index (χ1n) is 5.78. The quantitative estimate of drug-likeness (QED) is 0.827. The van der Waals surface area contributed by atoms with Crippen molar-refractivity contribution in [2.24, 2.45) is 0 Å². The molecule has 0 radical (unpaired) electrons. The molecule has 0 aliphatic rings. The number of rotatable bonds is 5. The fourth-order valence-electron chi connectivity index (χ4n) is 1.53. The normalized spacial score (nSPS) is 12.5. The van der Waals surface area contributed by atoms with Gasteiger partial charge in [0.05, 0.1) is 16.8 Å². The second-order valence-electron chi connectivity index (χ2n) is 4.35. The van der Waals surface area contributed by atoms with Crippen LogP contribution < -0.4 is 4.72 Å². The van der Waals surface area contributed by atoms with E-state index in [1.54, 1.807) is 0 Å². The summed E-state index contributed by atoms with van der Waals surface area (Å²) in [6.45, 7) is 0. The third-order valence-corrected chi connectivity index (χ3v) is 5.81. The summed E-state index contributed by atoms with van der Waals surface area (Å²) in [6, 6.07) is 5.58. The van der Waals surface area contributed by atoms with Crippen LogP contribution in [0, 0.1) is 0 Å². The van der Waals surface area contributed by atoms with E-state index in [0.717, 1.165) is 10.5 Å². The van der Waals surface area contributed by atoms with E-state index in [9.17, 15) is 16.8 Å². The number of hydrogen-bond donors (Lipinski definition) is 2. The molecular formula is C11H14N4O4S2. The summed E-state index contributed by atoms with van der Waals surface area (Å²) in [5, 5.41) is 5.96. The van der Waals surface area contributed by atoms with E-state index in [0.29, 0.717) is 0 Å². The van der Waals surface area contributed by atoms with Crippen molar-refractivity contribution >= 4 is 25.7 Å². The van der Waals surface area contributed by atoms with Gasteiger partial charge >= 0.3 is 0 Å². The van der Waals surface area contributed by atoms with E-state index in [-0.39, 0.29) is 15.5 Å². The molecule has 2 rings (SSSR count). The zero-order chi connectivity index (χ0) is 15.7. The van der Waals surface area contributed by atoms with Gasteiger partial charge in [-0.3, -0.25) is 9.82 Å².